The third-order valence-electron chi connectivity index (χ3n) is 16.1. The standard InChI is InChI=1S/C67H55BN2/c1-40-31-41(2)64(42(3)32-40)47-34-55(54-33-45-19-11-12-20-46(45)35-61(54)69-48-27-25-44(26-28-48)43-17-9-8-10-18-43)65-63(36-47)70(49-29-30-52-50-21-13-15-23-56(50)66(4,5)58(52)37-49)62-39-59-53(38-60(62)68-65)51-22-14-16-24-57(51)67(59,6)7/h8-39,68-69H,1-7H3. The van der Waals surface area contributed by atoms with Gasteiger partial charge in [-0.2, -0.15) is 0 Å². The maximum absolute atomic E-state index is 3.99. The summed E-state index contributed by atoms with van der Waals surface area (Å²) in [7, 11) is 0.790. The zero-order valence-electron chi connectivity index (χ0n) is 41.1. The fourth-order valence-electron chi connectivity index (χ4n) is 12.7. The van der Waals surface area contributed by atoms with Crippen LogP contribution in [0.15, 0.2) is 194 Å². The molecule has 2 nitrogen and oxygen atoms in total. The van der Waals surface area contributed by atoms with Crippen molar-refractivity contribution in [1.29, 1.82) is 0 Å². The summed E-state index contributed by atoms with van der Waals surface area (Å²) in [5.41, 5.74) is 30.3. The maximum atomic E-state index is 3.99. The Balaban J connectivity index is 1.09. The van der Waals surface area contributed by atoms with E-state index in [0.29, 0.717) is 0 Å². The number of nitrogens with zero attached hydrogens (tertiary/aromatic N) is 1. The molecule has 0 amide bonds. The van der Waals surface area contributed by atoms with Crippen molar-refractivity contribution in [2.24, 2.45) is 0 Å². The number of benzene rings is 10. The number of hydrogen-bond donors (Lipinski definition) is 1. The molecule has 0 bridgehead atoms. The van der Waals surface area contributed by atoms with Gasteiger partial charge in [-0.3, -0.25) is 0 Å². The van der Waals surface area contributed by atoms with E-state index in [1.807, 2.05) is 0 Å². The molecule has 70 heavy (non-hydrogen) atoms. The molecule has 10 aromatic carbocycles. The van der Waals surface area contributed by atoms with Crippen LogP contribution in [0.25, 0.3) is 66.4 Å². The van der Waals surface area contributed by atoms with Gasteiger partial charge in [0.05, 0.1) is 0 Å². The highest BCUT2D eigenvalue weighted by Gasteiger charge is 2.40. The molecule has 1 heterocycles. The van der Waals surface area contributed by atoms with Crippen molar-refractivity contribution >= 4 is 57.4 Å². The van der Waals surface area contributed by atoms with Crippen LogP contribution in [-0.2, 0) is 10.8 Å². The summed E-state index contributed by atoms with van der Waals surface area (Å²) in [5.74, 6) is 0. The molecule has 0 unspecified atom stereocenters. The van der Waals surface area contributed by atoms with E-state index < -0.39 is 0 Å². The van der Waals surface area contributed by atoms with Crippen molar-refractivity contribution in [1.82, 2.24) is 0 Å². The summed E-state index contributed by atoms with van der Waals surface area (Å²) < 4.78 is 0. The largest absolute Gasteiger partial charge is 0.355 e. The highest BCUT2D eigenvalue weighted by Crippen LogP contribution is 2.54. The van der Waals surface area contributed by atoms with Gasteiger partial charge in [0, 0.05) is 44.8 Å². The molecule has 3 aliphatic rings. The second kappa shape index (κ2) is 15.6. The number of hydrogen-bond acceptors (Lipinski definition) is 2. The zero-order valence-corrected chi connectivity index (χ0v) is 41.1. The first-order valence-electron chi connectivity index (χ1n) is 24.9. The van der Waals surface area contributed by atoms with Gasteiger partial charge in [-0.1, -0.05) is 178 Å². The summed E-state index contributed by atoms with van der Waals surface area (Å²) in [6.45, 7) is 16.4. The van der Waals surface area contributed by atoms with Crippen molar-refractivity contribution < 1.29 is 0 Å². The minimum Gasteiger partial charge on any atom is -0.355 e. The lowest BCUT2D eigenvalue weighted by molar-refractivity contribution is 0.660. The average molecular weight is 899 g/mol. The molecule has 0 atom stereocenters. The molecule has 10 aromatic rings. The first-order chi connectivity index (χ1) is 33.9. The Kier molecular flexibility index (Phi) is 9.40. The summed E-state index contributed by atoms with van der Waals surface area (Å²) in [5, 5.41) is 6.41. The molecule has 0 fully saturated rings. The van der Waals surface area contributed by atoms with Gasteiger partial charge in [-0.25, -0.2) is 0 Å². The van der Waals surface area contributed by atoms with Crippen LogP contribution in [-0.4, -0.2) is 7.28 Å². The lowest BCUT2D eigenvalue weighted by Crippen LogP contribution is -2.41. The van der Waals surface area contributed by atoms with E-state index in [4.69, 9.17) is 0 Å². The molecule has 1 aliphatic heterocycles. The Hall–Kier alpha value is -7.88. The molecule has 3 heteroatoms. The van der Waals surface area contributed by atoms with Crippen LogP contribution in [0.4, 0.5) is 28.4 Å². The molecule has 2 aliphatic carbocycles. The minimum absolute atomic E-state index is 0.150. The topological polar surface area (TPSA) is 15.3 Å². The summed E-state index contributed by atoms with van der Waals surface area (Å²) in [6.07, 6.45) is 0. The predicted octanol–water partition coefficient (Wildman–Crippen LogP) is 16.3. The van der Waals surface area contributed by atoms with Crippen molar-refractivity contribution in [2.45, 2.75) is 59.3 Å². The number of rotatable bonds is 6. The van der Waals surface area contributed by atoms with Gasteiger partial charge >= 0.3 is 0 Å². The van der Waals surface area contributed by atoms with Crippen molar-refractivity contribution in [2.75, 3.05) is 10.2 Å². The van der Waals surface area contributed by atoms with Crippen LogP contribution < -0.4 is 21.1 Å². The monoisotopic (exact) mass is 898 g/mol. The molecule has 0 radical (unpaired) electrons. The van der Waals surface area contributed by atoms with Gasteiger partial charge in [0.1, 0.15) is 0 Å². The fraction of sp³-hybridized carbons (Fsp3) is 0.134. The lowest BCUT2D eigenvalue weighted by Gasteiger charge is -2.37. The van der Waals surface area contributed by atoms with Gasteiger partial charge in [-0.05, 0) is 175 Å². The van der Waals surface area contributed by atoms with Crippen LogP contribution >= 0.6 is 0 Å². The molecular weight excluding hydrogens is 844 g/mol. The Morgan fingerprint density at radius 3 is 1.70 bits per heavy atom. The van der Waals surface area contributed by atoms with Crippen LogP contribution in [0.3, 0.4) is 0 Å². The van der Waals surface area contributed by atoms with Crippen molar-refractivity contribution in [3.8, 4) is 55.6 Å². The van der Waals surface area contributed by atoms with Gasteiger partial charge in [0.2, 0.25) is 0 Å². The van der Waals surface area contributed by atoms with Crippen LogP contribution in [0, 0.1) is 20.8 Å². The second-order valence-electron chi connectivity index (χ2n) is 21.2. The molecule has 1 N–H and O–H groups in total. The van der Waals surface area contributed by atoms with Crippen molar-refractivity contribution in [3.05, 3.63) is 233 Å². The molecular formula is C67H55BN2. The second-order valence-corrected chi connectivity index (χ2v) is 21.2. The molecule has 0 spiro atoms. The van der Waals surface area contributed by atoms with Crippen LogP contribution in [0.5, 0.6) is 0 Å². The number of nitrogens with one attached hydrogen (secondary N) is 1. The lowest BCUT2D eigenvalue weighted by atomic mass is 9.57. The van der Waals surface area contributed by atoms with E-state index in [9.17, 15) is 0 Å². The summed E-state index contributed by atoms with van der Waals surface area (Å²) in [4.78, 5) is 2.63. The zero-order chi connectivity index (χ0) is 47.6. The Morgan fingerprint density at radius 2 is 1.00 bits per heavy atom. The van der Waals surface area contributed by atoms with E-state index in [-0.39, 0.29) is 10.8 Å². The van der Waals surface area contributed by atoms with E-state index in [1.54, 1.807) is 0 Å². The van der Waals surface area contributed by atoms with Crippen LogP contribution in [0.2, 0.25) is 0 Å². The third-order valence-corrected chi connectivity index (χ3v) is 16.1. The molecule has 0 aromatic heterocycles. The van der Waals surface area contributed by atoms with Gasteiger partial charge < -0.3 is 10.2 Å². The number of aryl methyl sites for hydroxylation is 3. The minimum atomic E-state index is -0.154. The SMILES string of the molecule is Cc1cc(C)c(-c2cc(-c3cc4ccccc4cc3Nc3ccc(-c4ccccc4)cc3)c3c(c2)N(c2ccc4c(c2)C(C)(C)c2ccccc2-4)c2cc4c(cc2B3)-c2ccccc2C4(C)C)c(C)c1. The van der Waals surface area contributed by atoms with Gasteiger partial charge in [0.15, 0.2) is 7.28 Å². The smallest absolute Gasteiger partial charge is 0.198 e. The summed E-state index contributed by atoms with van der Waals surface area (Å²) in [6, 6.07) is 73.3. The maximum Gasteiger partial charge on any atom is 0.198 e. The first kappa shape index (κ1) is 42.2. The van der Waals surface area contributed by atoms with Gasteiger partial charge in [-0.15, -0.1) is 0 Å². The third kappa shape index (κ3) is 6.48. The molecule has 0 saturated heterocycles. The fourth-order valence-corrected chi connectivity index (χ4v) is 12.7. The predicted molar refractivity (Wildman–Crippen MR) is 300 cm³/mol. The van der Waals surface area contributed by atoms with E-state index >= 15 is 0 Å². The first-order valence-corrected chi connectivity index (χ1v) is 24.9. The molecule has 336 valence electrons. The highest BCUT2D eigenvalue weighted by atomic mass is 15.2. The average Bonchev–Trinajstić information content (AvgIpc) is 3.73. The van der Waals surface area contributed by atoms with Crippen molar-refractivity contribution in [3.63, 3.8) is 0 Å². The quantitative estimate of drug-likeness (QED) is 0.167. The van der Waals surface area contributed by atoms with Gasteiger partial charge in [0.25, 0.3) is 0 Å². The van der Waals surface area contributed by atoms with Crippen LogP contribution in [0.1, 0.15) is 66.6 Å². The van der Waals surface area contributed by atoms with E-state index in [1.165, 1.54) is 133 Å². The Labute approximate surface area is 413 Å². The Morgan fingerprint density at radius 1 is 0.414 bits per heavy atom. The number of anilines is 5. The van der Waals surface area contributed by atoms with E-state index in [2.05, 4.69) is 253 Å². The number of fused-ring (bicyclic) bond motifs is 9. The molecule has 0 saturated carbocycles. The Bertz CT molecular complexity index is 3780. The highest BCUT2D eigenvalue weighted by molar-refractivity contribution is 6.73. The summed E-state index contributed by atoms with van der Waals surface area (Å²) >= 11 is 0. The molecule has 13 rings (SSSR count). The van der Waals surface area contributed by atoms with E-state index in [0.717, 1.165) is 18.7 Å². The normalized spacial score (nSPS) is 14.2.